The highest BCUT2D eigenvalue weighted by Crippen LogP contribution is 2.48. The van der Waals surface area contributed by atoms with Crippen LogP contribution in [-0.4, -0.2) is 43.5 Å². The van der Waals surface area contributed by atoms with E-state index in [1.165, 1.54) is 7.11 Å². The second-order valence-electron chi connectivity index (χ2n) is 8.58. The number of ketones is 1. The number of hydrogen-bond acceptors (Lipinski definition) is 7. The number of fused-ring (bicyclic) bond motifs is 2. The van der Waals surface area contributed by atoms with Crippen molar-refractivity contribution in [3.8, 4) is 11.5 Å². The first kappa shape index (κ1) is 24.4. The number of hydrogen-bond donors (Lipinski definition) is 1. The van der Waals surface area contributed by atoms with Crippen LogP contribution in [0, 0.1) is 0 Å². The Kier molecular flexibility index (Phi) is 7.48. The molecule has 1 amide bonds. The van der Waals surface area contributed by atoms with Crippen LogP contribution in [0.1, 0.15) is 72.1 Å². The lowest BCUT2D eigenvalue weighted by atomic mass is 9.92. The average Bonchev–Trinajstić information content (AvgIpc) is 3.31. The number of amides is 1. The van der Waals surface area contributed by atoms with Gasteiger partial charge in [-0.2, -0.15) is 0 Å². The molecule has 0 spiro atoms. The van der Waals surface area contributed by atoms with Gasteiger partial charge in [-0.05, 0) is 67.0 Å². The minimum Gasteiger partial charge on any atom is -0.492 e. The first-order valence-corrected chi connectivity index (χ1v) is 11.9. The molecule has 1 aromatic heterocycles. The number of nitrogens with one attached hydrogen (secondary N) is 1. The first-order chi connectivity index (χ1) is 17.0. The third-order valence-electron chi connectivity index (χ3n) is 6.52. The molecular formula is C27H30N2O6. The Morgan fingerprint density at radius 1 is 1.09 bits per heavy atom. The van der Waals surface area contributed by atoms with Crippen LogP contribution in [0.5, 0.6) is 11.5 Å². The zero-order valence-electron chi connectivity index (χ0n) is 20.3. The molecule has 0 saturated carbocycles. The van der Waals surface area contributed by atoms with Crippen LogP contribution in [0.25, 0.3) is 5.57 Å². The Bertz CT molecular complexity index is 1170. The third kappa shape index (κ3) is 4.92. The van der Waals surface area contributed by atoms with Crippen LogP contribution >= 0.6 is 0 Å². The highest BCUT2D eigenvalue weighted by Gasteiger charge is 2.33. The number of carbonyl (C=O) groups excluding carboxylic acids is 3. The predicted molar refractivity (Wildman–Crippen MR) is 129 cm³/mol. The van der Waals surface area contributed by atoms with Gasteiger partial charge in [0.15, 0.2) is 17.3 Å². The van der Waals surface area contributed by atoms with Crippen molar-refractivity contribution in [2.75, 3.05) is 20.8 Å². The summed E-state index contributed by atoms with van der Waals surface area (Å²) in [5, 5.41) is 2.95. The molecule has 184 valence electrons. The first-order valence-electron chi connectivity index (χ1n) is 11.9. The Labute approximate surface area is 204 Å². The van der Waals surface area contributed by atoms with Gasteiger partial charge in [-0.15, -0.1) is 0 Å². The molecule has 0 radical (unpaired) electrons. The van der Waals surface area contributed by atoms with Crippen molar-refractivity contribution in [2.45, 2.75) is 51.5 Å². The Balaban J connectivity index is 1.75. The van der Waals surface area contributed by atoms with Crippen molar-refractivity contribution in [1.82, 2.24) is 10.3 Å². The molecule has 0 fully saturated rings. The number of nitrogens with zero attached hydrogens (tertiary/aromatic N) is 1. The Morgan fingerprint density at radius 3 is 2.54 bits per heavy atom. The fourth-order valence-electron chi connectivity index (χ4n) is 4.97. The van der Waals surface area contributed by atoms with Gasteiger partial charge in [-0.1, -0.05) is 6.07 Å². The van der Waals surface area contributed by atoms with E-state index in [9.17, 15) is 14.4 Å². The zero-order chi connectivity index (χ0) is 24.9. The van der Waals surface area contributed by atoms with E-state index in [-0.39, 0.29) is 24.4 Å². The Morgan fingerprint density at radius 2 is 1.86 bits per heavy atom. The maximum Gasteiger partial charge on any atom is 0.308 e. The van der Waals surface area contributed by atoms with Gasteiger partial charge in [0.1, 0.15) is 0 Å². The standard InChI is InChI=1S/C27H30N2O6/c1-4-35-23(31)14-21(17-7-6-12-28-15-17)29-27(32)20-13-16-10-11-22(30)18-8-5-9-19(18)24(16)26(34-3)25(20)33-2/h6-7,12-13,15,21H,4-5,8-11,14H2,1-3H3,(H,29,32). The average molecular weight is 479 g/mol. The van der Waals surface area contributed by atoms with E-state index in [1.807, 2.05) is 0 Å². The molecule has 1 aromatic carbocycles. The minimum atomic E-state index is -0.643. The zero-order valence-corrected chi connectivity index (χ0v) is 20.3. The quantitative estimate of drug-likeness (QED) is 0.573. The summed E-state index contributed by atoms with van der Waals surface area (Å²) in [5.41, 5.74) is 4.59. The molecule has 8 heteroatoms. The molecule has 35 heavy (non-hydrogen) atoms. The van der Waals surface area contributed by atoms with E-state index in [4.69, 9.17) is 14.2 Å². The van der Waals surface area contributed by atoms with Crippen molar-refractivity contribution >= 4 is 23.2 Å². The fourth-order valence-corrected chi connectivity index (χ4v) is 4.97. The number of ether oxygens (including phenoxy) is 3. The van der Waals surface area contributed by atoms with Gasteiger partial charge in [0, 0.05) is 24.4 Å². The number of allylic oxidation sites excluding steroid dienone is 2. The van der Waals surface area contributed by atoms with Crippen LogP contribution in [0.3, 0.4) is 0 Å². The second kappa shape index (κ2) is 10.7. The van der Waals surface area contributed by atoms with Crippen molar-refractivity contribution in [2.24, 2.45) is 0 Å². The molecule has 4 rings (SSSR count). The maximum absolute atomic E-state index is 13.6. The van der Waals surface area contributed by atoms with E-state index in [2.05, 4.69) is 10.3 Å². The van der Waals surface area contributed by atoms with Crippen molar-refractivity contribution in [1.29, 1.82) is 0 Å². The minimum absolute atomic E-state index is 0.0413. The van der Waals surface area contributed by atoms with Gasteiger partial charge >= 0.3 is 5.97 Å². The van der Waals surface area contributed by atoms with Gasteiger partial charge in [0.2, 0.25) is 0 Å². The molecule has 8 nitrogen and oxygen atoms in total. The predicted octanol–water partition coefficient (Wildman–Crippen LogP) is 3.98. The summed E-state index contributed by atoms with van der Waals surface area (Å²) < 4.78 is 16.6. The number of rotatable bonds is 8. The highest BCUT2D eigenvalue weighted by molar-refractivity contribution is 6.07. The summed E-state index contributed by atoms with van der Waals surface area (Å²) >= 11 is 0. The molecule has 1 unspecified atom stereocenters. The summed E-state index contributed by atoms with van der Waals surface area (Å²) in [6.45, 7) is 1.98. The molecule has 1 heterocycles. The van der Waals surface area contributed by atoms with Crippen molar-refractivity contribution < 1.29 is 28.6 Å². The number of aryl methyl sites for hydroxylation is 1. The van der Waals surface area contributed by atoms with Crippen LogP contribution < -0.4 is 14.8 Å². The van der Waals surface area contributed by atoms with Crippen LogP contribution in [0.4, 0.5) is 0 Å². The lowest BCUT2D eigenvalue weighted by Gasteiger charge is -2.22. The van der Waals surface area contributed by atoms with Crippen molar-refractivity contribution in [3.63, 3.8) is 0 Å². The number of esters is 1. The van der Waals surface area contributed by atoms with Gasteiger partial charge in [-0.25, -0.2) is 0 Å². The lowest BCUT2D eigenvalue weighted by Crippen LogP contribution is -2.31. The Hall–Kier alpha value is -3.68. The number of methoxy groups -OCH3 is 2. The molecule has 2 aromatic rings. The number of pyridine rings is 1. The SMILES string of the molecule is CCOC(=O)CC(NC(=O)c1cc2c(c(OC)c1OC)C1=C(CCC1)C(=O)CC2)c1cccnc1. The molecule has 1 atom stereocenters. The smallest absolute Gasteiger partial charge is 0.308 e. The van der Waals surface area contributed by atoms with Gasteiger partial charge in [-0.3, -0.25) is 19.4 Å². The topological polar surface area (TPSA) is 104 Å². The summed E-state index contributed by atoms with van der Waals surface area (Å²) in [7, 11) is 3.03. The largest absolute Gasteiger partial charge is 0.492 e. The van der Waals surface area contributed by atoms with Crippen LogP contribution in [0.2, 0.25) is 0 Å². The molecular weight excluding hydrogens is 448 g/mol. The number of carbonyl (C=O) groups is 3. The van der Waals surface area contributed by atoms with Gasteiger partial charge in [0.25, 0.3) is 5.91 Å². The molecule has 1 N–H and O–H groups in total. The highest BCUT2D eigenvalue weighted by atomic mass is 16.5. The van der Waals surface area contributed by atoms with E-state index in [0.717, 1.165) is 41.5 Å². The molecule has 0 aliphatic heterocycles. The molecule has 2 aliphatic rings. The number of aromatic nitrogens is 1. The monoisotopic (exact) mass is 478 g/mol. The van der Waals surface area contributed by atoms with E-state index >= 15 is 0 Å². The summed E-state index contributed by atoms with van der Waals surface area (Å²) in [5.74, 6) is 0.0805. The molecule has 0 bridgehead atoms. The van der Waals surface area contributed by atoms with Gasteiger partial charge < -0.3 is 19.5 Å². The van der Waals surface area contributed by atoms with Crippen LogP contribution in [0.15, 0.2) is 36.2 Å². The van der Waals surface area contributed by atoms with Crippen LogP contribution in [-0.2, 0) is 20.7 Å². The van der Waals surface area contributed by atoms with Gasteiger partial charge in [0.05, 0.1) is 38.9 Å². The van der Waals surface area contributed by atoms with E-state index in [1.54, 1.807) is 44.6 Å². The summed E-state index contributed by atoms with van der Waals surface area (Å²) in [6.07, 6.45) is 6.58. The van der Waals surface area contributed by atoms with Crippen molar-refractivity contribution in [3.05, 3.63) is 58.4 Å². The normalized spacial score (nSPS) is 15.6. The lowest BCUT2D eigenvalue weighted by molar-refractivity contribution is -0.143. The van der Waals surface area contributed by atoms with E-state index < -0.39 is 17.9 Å². The summed E-state index contributed by atoms with van der Waals surface area (Å²) in [6, 6.07) is 4.69. The fraction of sp³-hybridized carbons (Fsp3) is 0.407. The van der Waals surface area contributed by atoms with E-state index in [0.29, 0.717) is 29.9 Å². The number of benzene rings is 1. The second-order valence-corrected chi connectivity index (χ2v) is 8.58. The summed E-state index contributed by atoms with van der Waals surface area (Å²) in [4.78, 5) is 42.7. The number of Topliss-reactive ketones (excluding diaryl/α,β-unsaturated/α-hetero) is 1. The molecule has 0 saturated heterocycles. The third-order valence-corrected chi connectivity index (χ3v) is 6.52. The maximum atomic E-state index is 13.6. The molecule has 2 aliphatic carbocycles.